The van der Waals surface area contributed by atoms with Gasteiger partial charge in [-0.25, -0.2) is 9.59 Å². The molecule has 2 amide bonds. The van der Waals surface area contributed by atoms with Crippen molar-refractivity contribution in [2.45, 2.75) is 72.1 Å². The van der Waals surface area contributed by atoms with Gasteiger partial charge in [-0.3, -0.25) is 4.79 Å². The predicted molar refractivity (Wildman–Crippen MR) is 85.0 cm³/mol. The standard InChI is InChI=1S/C16H28N2O5/c1-15(2,3)11(17-14(22)23-16(4,5)6)12(19)18-9-7-8-10(18)13(20)21/h10-11H,7-9H2,1-6H3,(H,17,22)(H,20,21)/t10-,11+/m0/s1. The van der Waals surface area contributed by atoms with E-state index in [0.717, 1.165) is 0 Å². The lowest BCUT2D eigenvalue weighted by Gasteiger charge is -2.35. The number of alkyl carbamates (subject to hydrolysis) is 1. The molecule has 7 heteroatoms. The van der Waals surface area contributed by atoms with Crippen LogP contribution < -0.4 is 5.32 Å². The van der Waals surface area contributed by atoms with Crippen LogP contribution in [0.1, 0.15) is 54.4 Å². The van der Waals surface area contributed by atoms with Gasteiger partial charge in [0.25, 0.3) is 0 Å². The third kappa shape index (κ3) is 5.41. The highest BCUT2D eigenvalue weighted by Gasteiger charge is 2.42. The summed E-state index contributed by atoms with van der Waals surface area (Å²) in [7, 11) is 0. The summed E-state index contributed by atoms with van der Waals surface area (Å²) in [4.78, 5) is 37.5. The second-order valence-electron chi connectivity index (χ2n) is 7.97. The number of nitrogens with one attached hydrogen (secondary N) is 1. The molecule has 1 saturated heterocycles. The first-order chi connectivity index (χ1) is 10.3. The van der Waals surface area contributed by atoms with Crippen LogP contribution in [0, 0.1) is 5.41 Å². The van der Waals surface area contributed by atoms with Gasteiger partial charge in [-0.1, -0.05) is 20.8 Å². The maximum Gasteiger partial charge on any atom is 0.408 e. The Bertz CT molecular complexity index is 476. The number of nitrogens with zero attached hydrogens (tertiary/aromatic N) is 1. The van der Waals surface area contributed by atoms with Crippen molar-refractivity contribution >= 4 is 18.0 Å². The number of carboxylic acids is 1. The van der Waals surface area contributed by atoms with Crippen molar-refractivity contribution in [1.29, 1.82) is 0 Å². The molecule has 0 aromatic heterocycles. The molecule has 0 radical (unpaired) electrons. The van der Waals surface area contributed by atoms with Gasteiger partial charge < -0.3 is 20.1 Å². The lowest BCUT2D eigenvalue weighted by Crippen LogP contribution is -2.57. The number of carboxylic acid groups (broad SMARTS) is 1. The maximum atomic E-state index is 12.8. The number of hydrogen-bond donors (Lipinski definition) is 2. The van der Waals surface area contributed by atoms with E-state index in [1.807, 2.05) is 20.8 Å². The summed E-state index contributed by atoms with van der Waals surface area (Å²) in [6.07, 6.45) is 0.396. The summed E-state index contributed by atoms with van der Waals surface area (Å²) < 4.78 is 5.21. The molecule has 0 spiro atoms. The number of ether oxygens (including phenoxy) is 1. The number of rotatable bonds is 3. The molecule has 0 aromatic rings. The van der Waals surface area contributed by atoms with Gasteiger partial charge in [0, 0.05) is 6.54 Å². The molecule has 7 nitrogen and oxygen atoms in total. The van der Waals surface area contributed by atoms with Crippen molar-refractivity contribution in [2.75, 3.05) is 6.54 Å². The molecule has 1 rings (SSSR count). The van der Waals surface area contributed by atoms with Crippen LogP contribution in [0.4, 0.5) is 4.79 Å². The Labute approximate surface area is 137 Å². The molecule has 23 heavy (non-hydrogen) atoms. The van der Waals surface area contributed by atoms with Crippen molar-refractivity contribution < 1.29 is 24.2 Å². The van der Waals surface area contributed by atoms with Crippen molar-refractivity contribution in [3.05, 3.63) is 0 Å². The van der Waals surface area contributed by atoms with E-state index < -0.39 is 35.2 Å². The van der Waals surface area contributed by atoms with Gasteiger partial charge in [-0.05, 0) is 39.0 Å². The molecule has 0 unspecified atom stereocenters. The third-order valence-electron chi connectivity index (χ3n) is 3.59. The zero-order chi connectivity index (χ0) is 18.0. The smallest absolute Gasteiger partial charge is 0.408 e. The second-order valence-corrected chi connectivity index (χ2v) is 7.97. The molecule has 1 fully saturated rings. The minimum absolute atomic E-state index is 0.381. The van der Waals surface area contributed by atoms with E-state index in [1.54, 1.807) is 20.8 Å². The number of carbonyl (C=O) groups excluding carboxylic acids is 2. The Morgan fingerprint density at radius 2 is 1.74 bits per heavy atom. The number of hydrogen-bond acceptors (Lipinski definition) is 4. The summed E-state index contributed by atoms with van der Waals surface area (Å²) in [5.41, 5.74) is -1.24. The fraction of sp³-hybridized carbons (Fsp3) is 0.812. The van der Waals surface area contributed by atoms with Crippen LogP contribution in [0.3, 0.4) is 0 Å². The molecular weight excluding hydrogens is 300 g/mol. The van der Waals surface area contributed by atoms with E-state index in [4.69, 9.17) is 4.74 Å². The van der Waals surface area contributed by atoms with Crippen LogP contribution >= 0.6 is 0 Å². The fourth-order valence-corrected chi connectivity index (χ4v) is 2.53. The number of carbonyl (C=O) groups is 3. The Morgan fingerprint density at radius 1 is 1.17 bits per heavy atom. The van der Waals surface area contributed by atoms with Gasteiger partial charge in [-0.2, -0.15) is 0 Å². The molecule has 1 aliphatic heterocycles. The van der Waals surface area contributed by atoms with E-state index in [-0.39, 0.29) is 5.91 Å². The molecule has 0 bridgehead atoms. The molecule has 2 atom stereocenters. The monoisotopic (exact) mass is 328 g/mol. The number of amides is 2. The summed E-state index contributed by atoms with van der Waals surface area (Å²) in [6, 6.07) is -1.68. The lowest BCUT2D eigenvalue weighted by molar-refractivity contribution is -0.150. The Hall–Kier alpha value is -1.79. The Morgan fingerprint density at radius 3 is 2.17 bits per heavy atom. The Kier molecular flexibility index (Phi) is 5.66. The van der Waals surface area contributed by atoms with Crippen molar-refractivity contribution in [3.63, 3.8) is 0 Å². The fourth-order valence-electron chi connectivity index (χ4n) is 2.53. The van der Waals surface area contributed by atoms with Gasteiger partial charge >= 0.3 is 12.1 Å². The van der Waals surface area contributed by atoms with Crippen LogP contribution in [-0.2, 0) is 14.3 Å². The molecule has 0 aliphatic carbocycles. The van der Waals surface area contributed by atoms with Gasteiger partial charge in [0.15, 0.2) is 0 Å². The molecular formula is C16H28N2O5. The quantitative estimate of drug-likeness (QED) is 0.826. The molecule has 2 N–H and O–H groups in total. The van der Waals surface area contributed by atoms with E-state index in [0.29, 0.717) is 19.4 Å². The normalized spacial score (nSPS) is 20.1. The number of likely N-dealkylation sites (tertiary alicyclic amines) is 1. The highest BCUT2D eigenvalue weighted by Crippen LogP contribution is 2.26. The average molecular weight is 328 g/mol. The zero-order valence-corrected chi connectivity index (χ0v) is 14.8. The molecule has 132 valence electrons. The summed E-state index contributed by atoms with van der Waals surface area (Å²) in [5, 5.41) is 11.9. The minimum Gasteiger partial charge on any atom is -0.480 e. The van der Waals surface area contributed by atoms with Crippen molar-refractivity contribution in [2.24, 2.45) is 5.41 Å². The van der Waals surface area contributed by atoms with Crippen LogP contribution in [0.5, 0.6) is 0 Å². The second kappa shape index (κ2) is 6.76. The summed E-state index contributed by atoms with van der Waals surface area (Å²) in [6.45, 7) is 11.1. The van der Waals surface area contributed by atoms with Crippen molar-refractivity contribution in [1.82, 2.24) is 10.2 Å². The SMILES string of the molecule is CC(C)(C)OC(=O)N[C@H](C(=O)N1CCC[C@H]1C(=O)O)C(C)(C)C. The van der Waals surface area contributed by atoms with Crippen LogP contribution in [0.15, 0.2) is 0 Å². The highest BCUT2D eigenvalue weighted by atomic mass is 16.6. The summed E-state index contributed by atoms with van der Waals surface area (Å²) in [5.74, 6) is -1.39. The van der Waals surface area contributed by atoms with Crippen molar-refractivity contribution in [3.8, 4) is 0 Å². The highest BCUT2D eigenvalue weighted by molar-refractivity contribution is 5.90. The maximum absolute atomic E-state index is 12.8. The lowest BCUT2D eigenvalue weighted by atomic mass is 9.85. The molecule has 0 aromatic carbocycles. The van der Waals surface area contributed by atoms with E-state index in [9.17, 15) is 19.5 Å². The van der Waals surface area contributed by atoms with E-state index in [1.165, 1.54) is 4.90 Å². The van der Waals surface area contributed by atoms with Crippen LogP contribution in [0.2, 0.25) is 0 Å². The van der Waals surface area contributed by atoms with E-state index >= 15 is 0 Å². The zero-order valence-electron chi connectivity index (χ0n) is 14.8. The van der Waals surface area contributed by atoms with Gasteiger partial charge in [0.2, 0.25) is 5.91 Å². The molecule has 1 heterocycles. The molecule has 1 aliphatic rings. The summed E-state index contributed by atoms with van der Waals surface area (Å²) >= 11 is 0. The average Bonchev–Trinajstić information content (AvgIpc) is 2.80. The first-order valence-electron chi connectivity index (χ1n) is 7.86. The van der Waals surface area contributed by atoms with Crippen LogP contribution in [0.25, 0.3) is 0 Å². The van der Waals surface area contributed by atoms with Gasteiger partial charge in [-0.15, -0.1) is 0 Å². The first kappa shape index (κ1) is 19.3. The topological polar surface area (TPSA) is 95.9 Å². The van der Waals surface area contributed by atoms with Gasteiger partial charge in [0.1, 0.15) is 17.7 Å². The van der Waals surface area contributed by atoms with Crippen LogP contribution in [-0.4, -0.2) is 52.2 Å². The largest absolute Gasteiger partial charge is 0.480 e. The molecule has 0 saturated carbocycles. The Balaban J connectivity index is 2.92. The minimum atomic E-state index is -1.01. The predicted octanol–water partition coefficient (Wildman–Crippen LogP) is 2.00. The first-order valence-corrected chi connectivity index (χ1v) is 7.86. The number of aliphatic carboxylic acids is 1. The van der Waals surface area contributed by atoms with E-state index in [2.05, 4.69) is 5.32 Å². The van der Waals surface area contributed by atoms with Gasteiger partial charge in [0.05, 0.1) is 0 Å². The third-order valence-corrected chi connectivity index (χ3v) is 3.59.